The van der Waals surface area contributed by atoms with Crippen molar-refractivity contribution in [2.75, 3.05) is 12.8 Å². The standard InChI is InChI=1S/C8H17NO2S/c1-5-6-8(2,3)7-9-12(4,10)11/h5-6,9H,7H2,1-4H3. The molecule has 0 fully saturated rings. The molecule has 72 valence electrons. The van der Waals surface area contributed by atoms with Crippen LogP contribution in [0, 0.1) is 5.41 Å². The first-order valence-electron chi connectivity index (χ1n) is 3.85. The van der Waals surface area contributed by atoms with Gasteiger partial charge in [0.25, 0.3) is 0 Å². The molecule has 0 spiro atoms. The smallest absolute Gasteiger partial charge is 0.208 e. The van der Waals surface area contributed by atoms with Gasteiger partial charge in [-0.1, -0.05) is 26.0 Å². The quantitative estimate of drug-likeness (QED) is 0.677. The first-order valence-corrected chi connectivity index (χ1v) is 5.74. The Hall–Kier alpha value is -0.350. The molecular weight excluding hydrogens is 174 g/mol. The highest BCUT2D eigenvalue weighted by Gasteiger charge is 2.15. The Morgan fingerprint density at radius 1 is 1.42 bits per heavy atom. The van der Waals surface area contributed by atoms with Crippen molar-refractivity contribution < 1.29 is 8.42 Å². The van der Waals surface area contributed by atoms with Crippen LogP contribution in [-0.4, -0.2) is 21.2 Å². The largest absolute Gasteiger partial charge is 0.215 e. The molecule has 0 aliphatic carbocycles. The van der Waals surface area contributed by atoms with E-state index in [4.69, 9.17) is 0 Å². The van der Waals surface area contributed by atoms with Gasteiger partial charge in [-0.05, 0) is 12.3 Å². The highest BCUT2D eigenvalue weighted by molar-refractivity contribution is 7.88. The van der Waals surface area contributed by atoms with Gasteiger partial charge in [0.2, 0.25) is 10.0 Å². The molecule has 12 heavy (non-hydrogen) atoms. The minimum atomic E-state index is -3.06. The van der Waals surface area contributed by atoms with E-state index in [0.717, 1.165) is 0 Å². The molecule has 0 atom stereocenters. The van der Waals surface area contributed by atoms with Gasteiger partial charge in [-0.3, -0.25) is 0 Å². The van der Waals surface area contributed by atoms with Crippen molar-refractivity contribution >= 4 is 10.0 Å². The summed E-state index contributed by atoms with van der Waals surface area (Å²) in [6.45, 7) is 6.31. The lowest BCUT2D eigenvalue weighted by Crippen LogP contribution is -2.32. The summed E-state index contributed by atoms with van der Waals surface area (Å²) in [7, 11) is -3.06. The van der Waals surface area contributed by atoms with Crippen LogP contribution in [0.4, 0.5) is 0 Å². The number of allylic oxidation sites excluding steroid dienone is 1. The molecule has 0 heterocycles. The van der Waals surface area contributed by atoms with E-state index in [0.29, 0.717) is 6.54 Å². The van der Waals surface area contributed by atoms with Gasteiger partial charge in [0.1, 0.15) is 0 Å². The Kier molecular flexibility index (Phi) is 3.93. The molecule has 0 aromatic heterocycles. The summed E-state index contributed by atoms with van der Waals surface area (Å²) in [5.41, 5.74) is -0.113. The van der Waals surface area contributed by atoms with E-state index in [1.54, 1.807) is 0 Å². The Bertz CT molecular complexity index is 252. The van der Waals surface area contributed by atoms with Crippen molar-refractivity contribution in [3.05, 3.63) is 12.2 Å². The van der Waals surface area contributed by atoms with Crippen LogP contribution in [-0.2, 0) is 10.0 Å². The van der Waals surface area contributed by atoms with Crippen LogP contribution in [0.1, 0.15) is 20.8 Å². The van der Waals surface area contributed by atoms with Crippen molar-refractivity contribution in [1.82, 2.24) is 4.72 Å². The van der Waals surface area contributed by atoms with Crippen LogP contribution in [0.5, 0.6) is 0 Å². The summed E-state index contributed by atoms with van der Waals surface area (Å²) in [6, 6.07) is 0. The van der Waals surface area contributed by atoms with E-state index >= 15 is 0 Å². The van der Waals surface area contributed by atoms with Gasteiger partial charge in [0, 0.05) is 6.54 Å². The fraction of sp³-hybridized carbons (Fsp3) is 0.750. The average Bonchev–Trinajstić information content (AvgIpc) is 1.83. The monoisotopic (exact) mass is 191 g/mol. The van der Waals surface area contributed by atoms with Gasteiger partial charge in [0.05, 0.1) is 6.26 Å². The number of sulfonamides is 1. The molecule has 4 heteroatoms. The highest BCUT2D eigenvalue weighted by Crippen LogP contribution is 2.15. The lowest BCUT2D eigenvalue weighted by molar-refractivity contribution is 0.466. The lowest BCUT2D eigenvalue weighted by Gasteiger charge is -2.19. The van der Waals surface area contributed by atoms with Crippen LogP contribution < -0.4 is 4.72 Å². The second-order valence-electron chi connectivity index (χ2n) is 3.58. The maximum Gasteiger partial charge on any atom is 0.208 e. The first kappa shape index (κ1) is 11.6. The van der Waals surface area contributed by atoms with E-state index in [9.17, 15) is 8.42 Å². The van der Waals surface area contributed by atoms with Crippen molar-refractivity contribution in [3.63, 3.8) is 0 Å². The van der Waals surface area contributed by atoms with Crippen LogP contribution >= 0.6 is 0 Å². The second kappa shape index (κ2) is 4.05. The molecule has 1 N–H and O–H groups in total. The first-order chi connectivity index (χ1) is 5.27. The summed E-state index contributed by atoms with van der Waals surface area (Å²) < 4.78 is 24.0. The van der Waals surface area contributed by atoms with Crippen LogP contribution in [0.3, 0.4) is 0 Å². The SMILES string of the molecule is CC=CC(C)(C)CNS(C)(=O)=O. The van der Waals surface area contributed by atoms with Gasteiger partial charge in [-0.15, -0.1) is 0 Å². The van der Waals surface area contributed by atoms with E-state index in [1.807, 2.05) is 32.9 Å². The molecule has 0 aromatic carbocycles. The van der Waals surface area contributed by atoms with Gasteiger partial charge in [-0.25, -0.2) is 13.1 Å². The molecule has 0 radical (unpaired) electrons. The van der Waals surface area contributed by atoms with Crippen LogP contribution in [0.2, 0.25) is 0 Å². The van der Waals surface area contributed by atoms with Crippen molar-refractivity contribution in [3.8, 4) is 0 Å². The summed E-state index contributed by atoms with van der Waals surface area (Å²) in [6.07, 6.45) is 5.06. The fourth-order valence-corrected chi connectivity index (χ4v) is 1.46. The third-order valence-corrected chi connectivity index (χ3v) is 2.08. The topological polar surface area (TPSA) is 46.2 Å². The molecule has 0 aliphatic heterocycles. The summed E-state index contributed by atoms with van der Waals surface area (Å²) in [5.74, 6) is 0. The predicted molar refractivity (Wildman–Crippen MR) is 51.4 cm³/mol. The maximum atomic E-state index is 10.7. The van der Waals surface area contributed by atoms with Gasteiger partial charge in [0.15, 0.2) is 0 Å². The van der Waals surface area contributed by atoms with E-state index in [2.05, 4.69) is 4.72 Å². The molecule has 0 rings (SSSR count). The van der Waals surface area contributed by atoms with E-state index in [1.165, 1.54) is 6.26 Å². The normalized spacial score (nSPS) is 14.0. The summed E-state index contributed by atoms with van der Waals surface area (Å²) in [5, 5.41) is 0. The van der Waals surface area contributed by atoms with Crippen LogP contribution in [0.15, 0.2) is 12.2 Å². The molecule has 0 bridgehead atoms. The van der Waals surface area contributed by atoms with Gasteiger partial charge in [-0.2, -0.15) is 0 Å². The fourth-order valence-electron chi connectivity index (χ4n) is 0.827. The van der Waals surface area contributed by atoms with E-state index in [-0.39, 0.29) is 5.41 Å². The third kappa shape index (κ3) is 6.37. The zero-order chi connectivity index (χ0) is 9.83. The third-order valence-electron chi connectivity index (χ3n) is 1.41. The number of hydrogen-bond donors (Lipinski definition) is 1. The van der Waals surface area contributed by atoms with Crippen molar-refractivity contribution in [1.29, 1.82) is 0 Å². The summed E-state index contributed by atoms with van der Waals surface area (Å²) in [4.78, 5) is 0. The predicted octanol–water partition coefficient (Wildman–Crippen LogP) is 1.14. The zero-order valence-corrected chi connectivity index (χ0v) is 8.90. The van der Waals surface area contributed by atoms with Gasteiger partial charge >= 0.3 is 0 Å². The molecule has 0 saturated heterocycles. The minimum Gasteiger partial charge on any atom is -0.215 e. The Labute approximate surface area is 74.9 Å². The molecule has 0 amide bonds. The number of hydrogen-bond acceptors (Lipinski definition) is 2. The minimum absolute atomic E-state index is 0.113. The molecule has 0 saturated carbocycles. The molecule has 0 aromatic rings. The Morgan fingerprint density at radius 3 is 2.25 bits per heavy atom. The van der Waals surface area contributed by atoms with Crippen molar-refractivity contribution in [2.24, 2.45) is 5.41 Å². The van der Waals surface area contributed by atoms with Crippen LogP contribution in [0.25, 0.3) is 0 Å². The molecule has 3 nitrogen and oxygen atoms in total. The molecule has 0 aliphatic rings. The summed E-state index contributed by atoms with van der Waals surface area (Å²) >= 11 is 0. The molecular formula is C8H17NO2S. The Morgan fingerprint density at radius 2 is 1.92 bits per heavy atom. The Balaban J connectivity index is 4.10. The maximum absolute atomic E-state index is 10.7. The van der Waals surface area contributed by atoms with E-state index < -0.39 is 10.0 Å². The number of rotatable bonds is 4. The lowest BCUT2D eigenvalue weighted by atomic mass is 9.94. The number of nitrogens with one attached hydrogen (secondary N) is 1. The average molecular weight is 191 g/mol. The van der Waals surface area contributed by atoms with Gasteiger partial charge < -0.3 is 0 Å². The van der Waals surface area contributed by atoms with Crippen molar-refractivity contribution in [2.45, 2.75) is 20.8 Å². The highest BCUT2D eigenvalue weighted by atomic mass is 32.2. The second-order valence-corrected chi connectivity index (χ2v) is 5.41. The zero-order valence-electron chi connectivity index (χ0n) is 8.09. The molecule has 0 unspecified atom stereocenters.